The van der Waals surface area contributed by atoms with Crippen LogP contribution in [0.25, 0.3) is 117 Å². The number of hydrogen-bond acceptors (Lipinski definition) is 3. The minimum atomic E-state index is 0.553. The quantitative estimate of drug-likeness (QED) is 0.168. The molecule has 4 aromatic heterocycles. The average Bonchev–Trinajstić information content (AvgIpc) is 4.00. The SMILES string of the molecule is c1ccc(-c2cccc(-c3cccc(-c4nc(-n5c6ccccc6c6ccccc65)nc(-n5c6ccccc6c6ccccc65)n4)c3)c2-n2c3ccccc3c3ccccc32)cc1. The highest BCUT2D eigenvalue weighted by molar-refractivity contribution is 6.12. The van der Waals surface area contributed by atoms with E-state index in [1.807, 2.05) is 0 Å². The Hall–Kier alpha value is -8.61. The third-order valence-corrected chi connectivity index (χ3v) is 12.5. The molecule has 0 aliphatic rings. The normalized spacial score (nSPS) is 11.8. The second-order valence-electron chi connectivity index (χ2n) is 16.0. The van der Waals surface area contributed by atoms with Gasteiger partial charge < -0.3 is 4.57 Å². The molecule has 0 aliphatic heterocycles. The summed E-state index contributed by atoms with van der Waals surface area (Å²) in [5.41, 5.74) is 12.9. The molecule has 0 atom stereocenters. The van der Waals surface area contributed by atoms with Gasteiger partial charge >= 0.3 is 0 Å². The van der Waals surface area contributed by atoms with E-state index in [0.29, 0.717) is 17.7 Å². The molecule has 0 bridgehead atoms. The number of para-hydroxylation sites is 7. The number of fused-ring (bicyclic) bond motifs is 9. The van der Waals surface area contributed by atoms with E-state index in [-0.39, 0.29) is 0 Å². The molecule has 0 amide bonds. The summed E-state index contributed by atoms with van der Waals surface area (Å²) in [5, 5.41) is 7.02. The lowest BCUT2D eigenvalue weighted by Crippen LogP contribution is -2.10. The number of rotatable bonds is 6. The molecule has 0 aliphatic carbocycles. The van der Waals surface area contributed by atoms with Gasteiger partial charge in [0.25, 0.3) is 0 Å². The van der Waals surface area contributed by atoms with Crippen LogP contribution < -0.4 is 0 Å². The standard InChI is InChI=1S/C57H36N6/c1-2-18-37(19-3-1)40-28-17-29-41(54(40)61-48-30-10-4-22-42(48)43-23-5-11-31-49(43)61)38-20-16-21-39(36-38)55-58-56(62-50-32-12-6-24-44(50)45-25-7-13-33-51(45)62)60-57(59-55)63-52-34-14-8-26-46(52)47-27-9-15-35-53(47)63/h1-36H. The molecule has 6 nitrogen and oxygen atoms in total. The molecule has 0 spiro atoms. The van der Waals surface area contributed by atoms with Gasteiger partial charge in [-0.3, -0.25) is 9.13 Å². The molecule has 4 heterocycles. The number of benzene rings is 9. The van der Waals surface area contributed by atoms with Crippen molar-refractivity contribution in [2.75, 3.05) is 0 Å². The maximum absolute atomic E-state index is 5.39. The summed E-state index contributed by atoms with van der Waals surface area (Å²) in [7, 11) is 0. The second-order valence-corrected chi connectivity index (χ2v) is 16.0. The Morgan fingerprint density at radius 3 is 1.03 bits per heavy atom. The average molecular weight is 805 g/mol. The lowest BCUT2D eigenvalue weighted by molar-refractivity contribution is 0.893. The smallest absolute Gasteiger partial charge is 0.240 e. The molecule has 0 saturated heterocycles. The zero-order chi connectivity index (χ0) is 41.4. The summed E-state index contributed by atoms with van der Waals surface area (Å²) in [6, 6.07) is 77.4. The lowest BCUT2D eigenvalue weighted by atomic mass is 9.94. The summed E-state index contributed by atoms with van der Waals surface area (Å²) in [6.07, 6.45) is 0. The van der Waals surface area contributed by atoms with Gasteiger partial charge in [-0.2, -0.15) is 15.0 Å². The van der Waals surface area contributed by atoms with Gasteiger partial charge in [0.05, 0.1) is 38.8 Å². The van der Waals surface area contributed by atoms with Crippen LogP contribution >= 0.6 is 0 Å². The van der Waals surface area contributed by atoms with Crippen LogP contribution in [0.4, 0.5) is 0 Å². The Balaban J connectivity index is 1.09. The van der Waals surface area contributed by atoms with Crippen molar-refractivity contribution in [3.8, 4) is 51.2 Å². The van der Waals surface area contributed by atoms with Crippen molar-refractivity contribution < 1.29 is 0 Å². The Morgan fingerprint density at radius 2 is 0.587 bits per heavy atom. The van der Waals surface area contributed by atoms with Crippen molar-refractivity contribution in [3.63, 3.8) is 0 Å². The molecule has 9 aromatic carbocycles. The highest BCUT2D eigenvalue weighted by Crippen LogP contribution is 2.42. The van der Waals surface area contributed by atoms with Crippen LogP contribution in [-0.4, -0.2) is 28.7 Å². The summed E-state index contributed by atoms with van der Waals surface area (Å²) in [6.45, 7) is 0. The third-order valence-electron chi connectivity index (χ3n) is 12.5. The van der Waals surface area contributed by atoms with Gasteiger partial charge in [-0.1, -0.05) is 176 Å². The summed E-state index contributed by atoms with van der Waals surface area (Å²) < 4.78 is 6.81. The molecule has 0 unspecified atom stereocenters. The van der Waals surface area contributed by atoms with Crippen LogP contribution in [0.3, 0.4) is 0 Å². The van der Waals surface area contributed by atoms with E-state index in [0.717, 1.165) is 88.1 Å². The summed E-state index contributed by atoms with van der Waals surface area (Å²) in [5.74, 6) is 1.69. The van der Waals surface area contributed by atoms with Crippen LogP contribution in [0.2, 0.25) is 0 Å². The molecule has 0 N–H and O–H groups in total. The Morgan fingerprint density at radius 1 is 0.254 bits per heavy atom. The third kappa shape index (κ3) is 5.41. The van der Waals surface area contributed by atoms with E-state index in [1.54, 1.807) is 0 Å². The van der Waals surface area contributed by atoms with Crippen molar-refractivity contribution in [3.05, 3.63) is 218 Å². The highest BCUT2D eigenvalue weighted by Gasteiger charge is 2.23. The zero-order valence-corrected chi connectivity index (χ0v) is 34.0. The van der Waals surface area contributed by atoms with Gasteiger partial charge in [0, 0.05) is 49.0 Å². The van der Waals surface area contributed by atoms with Crippen LogP contribution in [0, 0.1) is 0 Å². The molecule has 6 heteroatoms. The van der Waals surface area contributed by atoms with Gasteiger partial charge in [-0.05, 0) is 53.6 Å². The number of nitrogens with zero attached hydrogens (tertiary/aromatic N) is 6. The number of hydrogen-bond donors (Lipinski definition) is 0. The first-order valence-electron chi connectivity index (χ1n) is 21.3. The van der Waals surface area contributed by atoms with E-state index in [9.17, 15) is 0 Å². The maximum Gasteiger partial charge on any atom is 0.240 e. The van der Waals surface area contributed by atoms with E-state index in [4.69, 9.17) is 15.0 Å². The fourth-order valence-corrected chi connectivity index (χ4v) is 9.82. The Labute approximate surface area is 362 Å². The fraction of sp³-hybridized carbons (Fsp3) is 0. The number of aromatic nitrogens is 6. The molecule has 0 saturated carbocycles. The first-order chi connectivity index (χ1) is 31.3. The van der Waals surface area contributed by atoms with E-state index >= 15 is 0 Å². The monoisotopic (exact) mass is 804 g/mol. The van der Waals surface area contributed by atoms with Crippen molar-refractivity contribution in [1.29, 1.82) is 0 Å². The van der Waals surface area contributed by atoms with Crippen LogP contribution in [0.1, 0.15) is 0 Å². The minimum Gasteiger partial charge on any atom is -0.308 e. The predicted octanol–water partition coefficient (Wildman–Crippen LogP) is 14.2. The summed E-state index contributed by atoms with van der Waals surface area (Å²) in [4.78, 5) is 16.2. The van der Waals surface area contributed by atoms with Gasteiger partial charge in [0.15, 0.2) is 5.82 Å². The lowest BCUT2D eigenvalue weighted by Gasteiger charge is -2.19. The van der Waals surface area contributed by atoms with Gasteiger partial charge in [0.2, 0.25) is 11.9 Å². The molecule has 0 fully saturated rings. The van der Waals surface area contributed by atoms with Gasteiger partial charge in [-0.25, -0.2) is 0 Å². The van der Waals surface area contributed by atoms with Gasteiger partial charge in [0.1, 0.15) is 0 Å². The van der Waals surface area contributed by atoms with E-state index < -0.39 is 0 Å². The minimum absolute atomic E-state index is 0.553. The Bertz CT molecular complexity index is 3640. The van der Waals surface area contributed by atoms with Crippen LogP contribution in [0.5, 0.6) is 0 Å². The molecule has 13 aromatic rings. The second kappa shape index (κ2) is 14.0. The molecule has 63 heavy (non-hydrogen) atoms. The molecule has 294 valence electrons. The highest BCUT2D eigenvalue weighted by atomic mass is 15.3. The molecule has 0 radical (unpaired) electrons. The first kappa shape index (κ1) is 35.2. The Kier molecular flexibility index (Phi) is 7.80. The van der Waals surface area contributed by atoms with Crippen molar-refractivity contribution >= 4 is 65.4 Å². The van der Waals surface area contributed by atoms with E-state index in [2.05, 4.69) is 232 Å². The summed E-state index contributed by atoms with van der Waals surface area (Å²) >= 11 is 0. The molecular formula is C57H36N6. The maximum atomic E-state index is 5.39. The van der Waals surface area contributed by atoms with Crippen LogP contribution in [-0.2, 0) is 0 Å². The van der Waals surface area contributed by atoms with Crippen molar-refractivity contribution in [1.82, 2.24) is 28.7 Å². The predicted molar refractivity (Wildman–Crippen MR) is 259 cm³/mol. The fourth-order valence-electron chi connectivity index (χ4n) is 9.82. The van der Waals surface area contributed by atoms with Crippen molar-refractivity contribution in [2.24, 2.45) is 0 Å². The largest absolute Gasteiger partial charge is 0.308 e. The topological polar surface area (TPSA) is 53.5 Å². The van der Waals surface area contributed by atoms with E-state index in [1.165, 1.54) is 10.8 Å². The van der Waals surface area contributed by atoms with Crippen molar-refractivity contribution in [2.45, 2.75) is 0 Å². The molecule has 13 rings (SSSR count). The van der Waals surface area contributed by atoms with Crippen LogP contribution in [0.15, 0.2) is 218 Å². The first-order valence-corrected chi connectivity index (χ1v) is 21.3. The zero-order valence-electron chi connectivity index (χ0n) is 34.0. The van der Waals surface area contributed by atoms with Gasteiger partial charge in [-0.15, -0.1) is 0 Å². The molecular weight excluding hydrogens is 769 g/mol.